The summed E-state index contributed by atoms with van der Waals surface area (Å²) in [6.45, 7) is 6.78. The molecule has 1 aromatic heterocycles. The summed E-state index contributed by atoms with van der Waals surface area (Å²) in [7, 11) is 1.93. The fourth-order valence-electron chi connectivity index (χ4n) is 1.90. The number of halogens is 1. The Labute approximate surface area is 117 Å². The first-order valence-electron chi connectivity index (χ1n) is 6.56. The molecule has 0 aliphatic carbocycles. The molecule has 0 spiro atoms. The van der Waals surface area contributed by atoms with Crippen LogP contribution in [0, 0.1) is 0 Å². The molecule has 0 bridgehead atoms. The molecule has 1 unspecified atom stereocenters. The van der Waals surface area contributed by atoms with Gasteiger partial charge < -0.3 is 10.1 Å². The molecule has 1 atom stereocenters. The fraction of sp³-hybridized carbons (Fsp3) is 0.833. The van der Waals surface area contributed by atoms with Crippen molar-refractivity contribution in [1.82, 2.24) is 20.3 Å². The van der Waals surface area contributed by atoms with Crippen LogP contribution in [0.4, 0.5) is 0 Å². The number of ether oxygens (including phenoxy) is 1. The molecule has 0 radical (unpaired) electrons. The van der Waals surface area contributed by atoms with Gasteiger partial charge in [-0.15, -0.1) is 5.10 Å². The Hall–Kier alpha value is -0.460. The highest BCUT2D eigenvalue weighted by Gasteiger charge is 2.19. The largest absolute Gasteiger partial charge is 0.382 e. The molecule has 0 aliphatic heterocycles. The minimum Gasteiger partial charge on any atom is -0.382 e. The standard InChI is InChI=1S/C12H23BrN4O/c1-4-8-14-10(7-6-9-18-5-2)11-12(13)15-16-17(11)3/h10,14H,4-9H2,1-3H3. The van der Waals surface area contributed by atoms with Gasteiger partial charge in [0.25, 0.3) is 0 Å². The third kappa shape index (κ3) is 4.66. The van der Waals surface area contributed by atoms with Crippen molar-refractivity contribution >= 4 is 15.9 Å². The van der Waals surface area contributed by atoms with Gasteiger partial charge in [0.05, 0.1) is 11.7 Å². The zero-order valence-electron chi connectivity index (χ0n) is 11.4. The van der Waals surface area contributed by atoms with Crippen LogP contribution in [0.3, 0.4) is 0 Å². The van der Waals surface area contributed by atoms with Crippen molar-refractivity contribution in [2.75, 3.05) is 19.8 Å². The minimum absolute atomic E-state index is 0.278. The lowest BCUT2D eigenvalue weighted by molar-refractivity contribution is 0.140. The van der Waals surface area contributed by atoms with Crippen LogP contribution in [0.15, 0.2) is 4.60 Å². The third-order valence-corrected chi connectivity index (χ3v) is 3.35. The Kier molecular flexibility index (Phi) is 7.46. The van der Waals surface area contributed by atoms with E-state index in [0.29, 0.717) is 0 Å². The van der Waals surface area contributed by atoms with Crippen molar-refractivity contribution in [1.29, 1.82) is 0 Å². The zero-order chi connectivity index (χ0) is 13.4. The average molecular weight is 319 g/mol. The summed E-state index contributed by atoms with van der Waals surface area (Å²) in [5, 5.41) is 11.6. The predicted octanol–water partition coefficient (Wildman–Crippen LogP) is 2.44. The lowest BCUT2D eigenvalue weighted by atomic mass is 10.1. The highest BCUT2D eigenvalue weighted by molar-refractivity contribution is 9.10. The van der Waals surface area contributed by atoms with Gasteiger partial charge in [-0.25, -0.2) is 4.68 Å². The van der Waals surface area contributed by atoms with Gasteiger partial charge in [0.1, 0.15) is 0 Å². The quantitative estimate of drug-likeness (QED) is 0.710. The Morgan fingerprint density at radius 2 is 2.22 bits per heavy atom. The summed E-state index contributed by atoms with van der Waals surface area (Å²) in [5.41, 5.74) is 1.11. The monoisotopic (exact) mass is 318 g/mol. The van der Waals surface area contributed by atoms with Crippen LogP contribution in [0.2, 0.25) is 0 Å². The first-order chi connectivity index (χ1) is 8.70. The third-order valence-electron chi connectivity index (χ3n) is 2.78. The van der Waals surface area contributed by atoms with Crippen LogP contribution < -0.4 is 5.32 Å². The second-order valence-corrected chi connectivity index (χ2v) is 4.99. The van der Waals surface area contributed by atoms with Crippen molar-refractivity contribution in [2.24, 2.45) is 7.05 Å². The average Bonchev–Trinajstić information content (AvgIpc) is 2.69. The molecular weight excluding hydrogens is 296 g/mol. The number of nitrogens with one attached hydrogen (secondary N) is 1. The summed E-state index contributed by atoms with van der Waals surface area (Å²) in [6.07, 6.45) is 3.18. The molecule has 1 rings (SSSR count). The van der Waals surface area contributed by atoms with E-state index < -0.39 is 0 Å². The zero-order valence-corrected chi connectivity index (χ0v) is 13.0. The van der Waals surface area contributed by atoms with Gasteiger partial charge in [-0.1, -0.05) is 12.1 Å². The summed E-state index contributed by atoms with van der Waals surface area (Å²) in [6, 6.07) is 0.278. The Bertz CT molecular complexity index is 323. The Morgan fingerprint density at radius 3 is 2.78 bits per heavy atom. The number of rotatable bonds is 9. The molecule has 0 fully saturated rings. The molecule has 1 N–H and O–H groups in total. The van der Waals surface area contributed by atoms with E-state index in [4.69, 9.17) is 4.74 Å². The molecule has 18 heavy (non-hydrogen) atoms. The second kappa shape index (κ2) is 8.61. The molecule has 0 amide bonds. The molecule has 0 aromatic carbocycles. The number of nitrogens with zero attached hydrogens (tertiary/aromatic N) is 3. The van der Waals surface area contributed by atoms with Crippen LogP contribution in [0.5, 0.6) is 0 Å². The maximum atomic E-state index is 5.39. The summed E-state index contributed by atoms with van der Waals surface area (Å²) in [4.78, 5) is 0. The number of aryl methyl sites for hydroxylation is 1. The Morgan fingerprint density at radius 1 is 1.44 bits per heavy atom. The predicted molar refractivity (Wildman–Crippen MR) is 75.5 cm³/mol. The van der Waals surface area contributed by atoms with Crippen LogP contribution >= 0.6 is 15.9 Å². The molecule has 6 heteroatoms. The number of hydrogen-bond acceptors (Lipinski definition) is 4. The van der Waals surface area contributed by atoms with Crippen LogP contribution in [-0.2, 0) is 11.8 Å². The van der Waals surface area contributed by atoms with E-state index in [0.717, 1.165) is 49.3 Å². The highest BCUT2D eigenvalue weighted by atomic mass is 79.9. The molecular formula is C12H23BrN4O. The van der Waals surface area contributed by atoms with Crippen molar-refractivity contribution < 1.29 is 4.74 Å². The maximum absolute atomic E-state index is 5.39. The fourth-order valence-corrected chi connectivity index (χ4v) is 2.50. The smallest absolute Gasteiger partial charge is 0.153 e. The molecule has 0 saturated carbocycles. The van der Waals surface area contributed by atoms with Crippen molar-refractivity contribution in [3.8, 4) is 0 Å². The Balaban J connectivity index is 2.60. The van der Waals surface area contributed by atoms with Gasteiger partial charge in [-0.3, -0.25) is 0 Å². The van der Waals surface area contributed by atoms with E-state index >= 15 is 0 Å². The van der Waals surface area contributed by atoms with Gasteiger partial charge >= 0.3 is 0 Å². The van der Waals surface area contributed by atoms with E-state index in [1.165, 1.54) is 0 Å². The first-order valence-corrected chi connectivity index (χ1v) is 7.36. The molecule has 0 aliphatic rings. The lowest BCUT2D eigenvalue weighted by Crippen LogP contribution is -2.25. The number of hydrogen-bond donors (Lipinski definition) is 1. The van der Waals surface area contributed by atoms with Gasteiger partial charge in [-0.05, 0) is 48.7 Å². The van der Waals surface area contributed by atoms with Crippen molar-refractivity contribution in [2.45, 2.75) is 39.2 Å². The van der Waals surface area contributed by atoms with Gasteiger partial charge in [0.15, 0.2) is 4.60 Å². The van der Waals surface area contributed by atoms with E-state index in [2.05, 4.69) is 38.5 Å². The summed E-state index contributed by atoms with van der Waals surface area (Å²) < 4.78 is 8.05. The first kappa shape index (κ1) is 15.6. The molecule has 1 aromatic rings. The van der Waals surface area contributed by atoms with Crippen LogP contribution in [0.1, 0.15) is 44.8 Å². The van der Waals surface area contributed by atoms with Gasteiger partial charge in [0, 0.05) is 20.3 Å². The normalized spacial score (nSPS) is 12.9. The van der Waals surface area contributed by atoms with Crippen LogP contribution in [-0.4, -0.2) is 34.8 Å². The maximum Gasteiger partial charge on any atom is 0.153 e. The molecule has 1 heterocycles. The van der Waals surface area contributed by atoms with Gasteiger partial charge in [0.2, 0.25) is 0 Å². The molecule has 5 nitrogen and oxygen atoms in total. The van der Waals surface area contributed by atoms with E-state index in [1.54, 1.807) is 0 Å². The lowest BCUT2D eigenvalue weighted by Gasteiger charge is -2.18. The molecule has 104 valence electrons. The van der Waals surface area contributed by atoms with E-state index in [1.807, 2.05) is 18.7 Å². The topological polar surface area (TPSA) is 52.0 Å². The van der Waals surface area contributed by atoms with Crippen molar-refractivity contribution in [3.05, 3.63) is 10.3 Å². The van der Waals surface area contributed by atoms with Crippen LogP contribution in [0.25, 0.3) is 0 Å². The SMILES string of the molecule is CCCNC(CCCOCC)c1c(Br)nnn1C. The van der Waals surface area contributed by atoms with E-state index in [-0.39, 0.29) is 6.04 Å². The number of aromatic nitrogens is 3. The van der Waals surface area contributed by atoms with Crippen molar-refractivity contribution in [3.63, 3.8) is 0 Å². The highest BCUT2D eigenvalue weighted by Crippen LogP contribution is 2.24. The summed E-state index contributed by atoms with van der Waals surface area (Å²) in [5.74, 6) is 0. The minimum atomic E-state index is 0.278. The second-order valence-electron chi connectivity index (χ2n) is 4.23. The van der Waals surface area contributed by atoms with E-state index in [9.17, 15) is 0 Å². The summed E-state index contributed by atoms with van der Waals surface area (Å²) >= 11 is 3.47. The van der Waals surface area contributed by atoms with Gasteiger partial charge in [-0.2, -0.15) is 0 Å². The molecule has 0 saturated heterocycles.